The molecule has 0 N–H and O–H groups in total. The Morgan fingerprint density at radius 2 is 2.11 bits per heavy atom. The summed E-state index contributed by atoms with van der Waals surface area (Å²) < 4.78 is 23.5. The molecule has 7 nitrogen and oxygen atoms in total. The van der Waals surface area contributed by atoms with E-state index in [-0.39, 0.29) is 30.0 Å². The average Bonchev–Trinajstić information content (AvgIpc) is 3.15. The van der Waals surface area contributed by atoms with Gasteiger partial charge in [-0.15, -0.1) is 0 Å². The highest BCUT2D eigenvalue weighted by Gasteiger charge is 2.28. The van der Waals surface area contributed by atoms with Crippen molar-refractivity contribution in [3.63, 3.8) is 0 Å². The van der Waals surface area contributed by atoms with Crippen molar-refractivity contribution >= 4 is 11.9 Å². The summed E-state index contributed by atoms with van der Waals surface area (Å²) in [5.74, 6) is -0.0570. The number of hydrogen-bond acceptors (Lipinski definition) is 6. The lowest BCUT2D eigenvalue weighted by Crippen LogP contribution is -2.40. The quantitative estimate of drug-likeness (QED) is 0.722. The largest absolute Gasteiger partial charge is 0.466 e. The number of likely N-dealkylation sites (tertiary alicyclic amines) is 1. The number of nitrogens with zero attached hydrogens (tertiary/aromatic N) is 3. The third-order valence-corrected chi connectivity index (χ3v) is 4.57. The second-order valence-electron chi connectivity index (χ2n) is 6.43. The molecule has 1 aromatic carbocycles. The van der Waals surface area contributed by atoms with Crippen LogP contribution in [0.15, 0.2) is 28.8 Å². The Morgan fingerprint density at radius 3 is 2.81 bits per heavy atom. The maximum absolute atomic E-state index is 13.3. The second-order valence-corrected chi connectivity index (χ2v) is 6.43. The average molecular weight is 375 g/mol. The number of hydrogen-bond donors (Lipinski definition) is 0. The van der Waals surface area contributed by atoms with Gasteiger partial charge in [-0.05, 0) is 31.9 Å². The molecule has 0 atom stereocenters. The van der Waals surface area contributed by atoms with Gasteiger partial charge in [0.2, 0.25) is 17.6 Å². The molecule has 0 bridgehead atoms. The van der Waals surface area contributed by atoms with E-state index in [1.165, 1.54) is 12.1 Å². The number of ether oxygens (including phenoxy) is 1. The number of benzene rings is 1. The molecule has 144 valence electrons. The number of amides is 1. The third kappa shape index (κ3) is 4.90. The first-order chi connectivity index (χ1) is 13.1. The topological polar surface area (TPSA) is 85.5 Å². The van der Waals surface area contributed by atoms with Gasteiger partial charge < -0.3 is 14.2 Å². The summed E-state index contributed by atoms with van der Waals surface area (Å²) in [6.07, 6.45) is 1.80. The van der Waals surface area contributed by atoms with Gasteiger partial charge in [-0.3, -0.25) is 9.59 Å². The third-order valence-electron chi connectivity index (χ3n) is 4.57. The van der Waals surface area contributed by atoms with E-state index in [0.29, 0.717) is 56.2 Å². The first-order valence-electron chi connectivity index (χ1n) is 9.09. The molecule has 1 amide bonds. The summed E-state index contributed by atoms with van der Waals surface area (Å²) in [6, 6.07) is 5.93. The molecule has 2 aromatic rings. The molecule has 3 rings (SSSR count). The number of carbonyl (C=O) groups is 2. The molecule has 1 aliphatic heterocycles. The summed E-state index contributed by atoms with van der Waals surface area (Å²) >= 11 is 0. The van der Waals surface area contributed by atoms with Gasteiger partial charge in [0.1, 0.15) is 5.82 Å². The lowest BCUT2D eigenvalue weighted by molar-refractivity contribution is -0.151. The van der Waals surface area contributed by atoms with Crippen LogP contribution in [0.1, 0.15) is 32.1 Å². The van der Waals surface area contributed by atoms with Crippen LogP contribution in [0.25, 0.3) is 11.4 Å². The maximum Gasteiger partial charge on any atom is 0.309 e. The van der Waals surface area contributed by atoms with E-state index in [9.17, 15) is 14.0 Å². The Kier molecular flexibility index (Phi) is 6.16. The predicted octanol–water partition coefficient (Wildman–Crippen LogP) is 2.61. The molecule has 27 heavy (non-hydrogen) atoms. The second kappa shape index (κ2) is 8.75. The van der Waals surface area contributed by atoms with Gasteiger partial charge in [-0.1, -0.05) is 17.3 Å². The van der Waals surface area contributed by atoms with Crippen LogP contribution in [0.2, 0.25) is 0 Å². The van der Waals surface area contributed by atoms with Crippen molar-refractivity contribution in [3.05, 3.63) is 36.0 Å². The Morgan fingerprint density at radius 1 is 1.33 bits per heavy atom. The van der Waals surface area contributed by atoms with Gasteiger partial charge in [-0.25, -0.2) is 4.39 Å². The molecule has 0 spiro atoms. The molecule has 0 unspecified atom stereocenters. The van der Waals surface area contributed by atoms with Gasteiger partial charge in [-0.2, -0.15) is 4.98 Å². The fourth-order valence-corrected chi connectivity index (χ4v) is 3.10. The van der Waals surface area contributed by atoms with Gasteiger partial charge in [0.25, 0.3) is 0 Å². The Bertz CT molecular complexity index is 800. The van der Waals surface area contributed by atoms with Gasteiger partial charge in [0, 0.05) is 31.5 Å². The number of carbonyl (C=O) groups excluding carboxylic acids is 2. The highest BCUT2D eigenvalue weighted by atomic mass is 19.1. The predicted molar refractivity (Wildman–Crippen MR) is 94.0 cm³/mol. The molecule has 0 radical (unpaired) electrons. The van der Waals surface area contributed by atoms with Crippen LogP contribution >= 0.6 is 0 Å². The first kappa shape index (κ1) is 19.0. The zero-order valence-corrected chi connectivity index (χ0v) is 15.2. The van der Waals surface area contributed by atoms with Crippen molar-refractivity contribution in [2.75, 3.05) is 19.7 Å². The molecule has 0 saturated carbocycles. The van der Waals surface area contributed by atoms with E-state index in [0.717, 1.165) is 0 Å². The molecular formula is C19H22FN3O4. The molecule has 1 aliphatic rings. The summed E-state index contributed by atoms with van der Waals surface area (Å²) in [5.41, 5.74) is 0.525. The maximum atomic E-state index is 13.3. The Balaban J connectivity index is 1.48. The monoisotopic (exact) mass is 375 g/mol. The van der Waals surface area contributed by atoms with E-state index in [1.54, 1.807) is 24.0 Å². The minimum Gasteiger partial charge on any atom is -0.466 e. The van der Waals surface area contributed by atoms with Crippen LogP contribution in [-0.2, 0) is 20.7 Å². The summed E-state index contributed by atoms with van der Waals surface area (Å²) in [5, 5.41) is 3.84. The van der Waals surface area contributed by atoms with Crippen LogP contribution in [0.3, 0.4) is 0 Å². The van der Waals surface area contributed by atoms with Crippen LogP contribution in [0.4, 0.5) is 4.39 Å². The normalized spacial score (nSPS) is 15.0. The zero-order valence-electron chi connectivity index (χ0n) is 15.2. The molecule has 2 heterocycles. The molecule has 8 heteroatoms. The van der Waals surface area contributed by atoms with Crippen molar-refractivity contribution in [1.29, 1.82) is 0 Å². The fraction of sp³-hybridized carbons (Fsp3) is 0.474. The minimum absolute atomic E-state index is 0.0113. The van der Waals surface area contributed by atoms with E-state index in [2.05, 4.69) is 10.1 Å². The molecule has 1 saturated heterocycles. The smallest absolute Gasteiger partial charge is 0.309 e. The summed E-state index contributed by atoms with van der Waals surface area (Å²) in [4.78, 5) is 30.1. The van der Waals surface area contributed by atoms with Gasteiger partial charge >= 0.3 is 5.97 Å². The number of halogens is 1. The van der Waals surface area contributed by atoms with Crippen LogP contribution in [0, 0.1) is 11.7 Å². The highest BCUT2D eigenvalue weighted by Crippen LogP contribution is 2.20. The van der Waals surface area contributed by atoms with Crippen molar-refractivity contribution < 1.29 is 23.2 Å². The van der Waals surface area contributed by atoms with Crippen molar-refractivity contribution in [1.82, 2.24) is 15.0 Å². The molecule has 1 aromatic heterocycles. The lowest BCUT2D eigenvalue weighted by atomic mass is 9.97. The Hall–Kier alpha value is -2.77. The lowest BCUT2D eigenvalue weighted by Gasteiger charge is -2.30. The number of aromatic nitrogens is 2. The van der Waals surface area contributed by atoms with Crippen LogP contribution < -0.4 is 0 Å². The summed E-state index contributed by atoms with van der Waals surface area (Å²) in [6.45, 7) is 3.24. The van der Waals surface area contributed by atoms with Crippen LogP contribution in [-0.4, -0.2) is 46.6 Å². The van der Waals surface area contributed by atoms with Crippen LogP contribution in [0.5, 0.6) is 0 Å². The van der Waals surface area contributed by atoms with E-state index in [1.807, 2.05) is 0 Å². The van der Waals surface area contributed by atoms with E-state index in [4.69, 9.17) is 9.26 Å². The zero-order chi connectivity index (χ0) is 19.2. The number of piperidine rings is 1. The minimum atomic E-state index is -0.375. The Labute approximate surface area is 156 Å². The highest BCUT2D eigenvalue weighted by molar-refractivity contribution is 5.77. The number of aryl methyl sites for hydroxylation is 1. The van der Waals surface area contributed by atoms with Crippen molar-refractivity contribution in [2.24, 2.45) is 5.92 Å². The SMILES string of the molecule is CCOC(=O)C1CCN(C(=O)CCc2nc(-c3cccc(F)c3)no2)CC1. The number of esters is 1. The van der Waals surface area contributed by atoms with Gasteiger partial charge in [0.15, 0.2) is 0 Å². The first-order valence-corrected chi connectivity index (χ1v) is 9.09. The summed E-state index contributed by atoms with van der Waals surface area (Å²) in [7, 11) is 0. The number of rotatable bonds is 6. The van der Waals surface area contributed by atoms with Gasteiger partial charge in [0.05, 0.1) is 12.5 Å². The standard InChI is InChI=1S/C19H22FN3O4/c1-2-26-19(25)13-8-10-23(11-9-13)17(24)7-6-16-21-18(22-27-16)14-4-3-5-15(20)12-14/h3-5,12-13H,2,6-11H2,1H3. The molecule has 1 fully saturated rings. The molecular weight excluding hydrogens is 353 g/mol. The van der Waals surface area contributed by atoms with Crippen molar-refractivity contribution in [2.45, 2.75) is 32.6 Å². The fourth-order valence-electron chi connectivity index (χ4n) is 3.10. The van der Waals surface area contributed by atoms with Crippen molar-refractivity contribution in [3.8, 4) is 11.4 Å². The van der Waals surface area contributed by atoms with E-state index < -0.39 is 0 Å². The molecule has 0 aliphatic carbocycles. The van der Waals surface area contributed by atoms with E-state index >= 15 is 0 Å².